The molecular formula is C26H27ClFN9O. The van der Waals surface area contributed by atoms with Crippen molar-refractivity contribution >= 4 is 28.9 Å². The number of hydrogen-bond acceptors (Lipinski definition) is 8. The first-order valence-corrected chi connectivity index (χ1v) is 12.5. The van der Waals surface area contributed by atoms with Gasteiger partial charge in [0.25, 0.3) is 0 Å². The zero-order valence-electron chi connectivity index (χ0n) is 21.0. The lowest BCUT2D eigenvalue weighted by Crippen LogP contribution is -2.47. The maximum absolute atomic E-state index is 12.1. The van der Waals surface area contributed by atoms with Crippen LogP contribution in [0.1, 0.15) is 18.6 Å². The topological polar surface area (TPSA) is 101 Å². The molecule has 0 spiro atoms. The third-order valence-electron chi connectivity index (χ3n) is 6.21. The number of aliphatic hydroxyl groups excluding tert-OH is 1. The van der Waals surface area contributed by atoms with Crippen LogP contribution in [0.3, 0.4) is 0 Å². The predicted octanol–water partition coefficient (Wildman–Crippen LogP) is 3.78. The van der Waals surface area contributed by atoms with E-state index < -0.39 is 6.10 Å². The Balaban J connectivity index is 0.000000316. The van der Waals surface area contributed by atoms with Gasteiger partial charge in [0.15, 0.2) is 5.82 Å². The van der Waals surface area contributed by atoms with E-state index in [1.807, 2.05) is 30.2 Å². The van der Waals surface area contributed by atoms with Gasteiger partial charge in [-0.2, -0.15) is 10.2 Å². The third-order valence-corrected chi connectivity index (χ3v) is 6.45. The van der Waals surface area contributed by atoms with Crippen molar-refractivity contribution in [2.24, 2.45) is 7.05 Å². The van der Waals surface area contributed by atoms with E-state index in [1.165, 1.54) is 12.1 Å². The second-order valence-corrected chi connectivity index (χ2v) is 9.39. The second-order valence-electron chi connectivity index (χ2n) is 8.95. The molecule has 1 aliphatic heterocycles. The number of aromatic nitrogens is 7. The lowest BCUT2D eigenvalue weighted by atomic mass is 10.2. The third kappa shape index (κ3) is 5.74. The summed E-state index contributed by atoms with van der Waals surface area (Å²) < 4.78 is 15.7. The molecule has 10 nitrogen and oxygen atoms in total. The highest BCUT2D eigenvalue weighted by atomic mass is 35.5. The fourth-order valence-corrected chi connectivity index (χ4v) is 4.35. The minimum Gasteiger partial charge on any atom is -0.389 e. The first kappa shape index (κ1) is 25.6. The van der Waals surface area contributed by atoms with Crippen LogP contribution in [0, 0.1) is 5.82 Å². The Morgan fingerprint density at radius 1 is 0.921 bits per heavy atom. The molecule has 5 heterocycles. The Hall–Kier alpha value is -4.09. The van der Waals surface area contributed by atoms with Crippen LogP contribution in [-0.4, -0.2) is 65.6 Å². The Labute approximate surface area is 224 Å². The summed E-state index contributed by atoms with van der Waals surface area (Å²) in [4.78, 5) is 17.8. The van der Waals surface area contributed by atoms with Gasteiger partial charge in [0.2, 0.25) is 5.95 Å². The van der Waals surface area contributed by atoms with Crippen LogP contribution in [0.15, 0.2) is 67.6 Å². The van der Waals surface area contributed by atoms with Crippen molar-refractivity contribution in [1.29, 1.82) is 0 Å². The van der Waals surface area contributed by atoms with Crippen molar-refractivity contribution < 1.29 is 9.50 Å². The average molecular weight is 536 g/mol. The molecule has 38 heavy (non-hydrogen) atoms. The van der Waals surface area contributed by atoms with Crippen molar-refractivity contribution in [2.45, 2.75) is 13.0 Å². The summed E-state index contributed by atoms with van der Waals surface area (Å²) in [6, 6.07) is 7.92. The summed E-state index contributed by atoms with van der Waals surface area (Å²) in [5, 5.41) is 18.7. The first-order valence-electron chi connectivity index (χ1n) is 12.1. The van der Waals surface area contributed by atoms with Crippen LogP contribution in [0.4, 0.5) is 16.2 Å². The molecule has 1 saturated heterocycles. The van der Waals surface area contributed by atoms with Gasteiger partial charge in [0.05, 0.1) is 12.3 Å². The van der Waals surface area contributed by atoms with E-state index in [1.54, 1.807) is 42.5 Å². The molecule has 1 aliphatic rings. The summed E-state index contributed by atoms with van der Waals surface area (Å²) in [6.07, 6.45) is 10.3. The Bertz CT molecular complexity index is 1490. The van der Waals surface area contributed by atoms with Gasteiger partial charge in [-0.1, -0.05) is 17.7 Å². The number of halogens is 2. The molecule has 0 bridgehead atoms. The summed E-state index contributed by atoms with van der Waals surface area (Å²) in [5.41, 5.74) is 3.81. The zero-order valence-corrected chi connectivity index (χ0v) is 21.7. The molecule has 0 amide bonds. The van der Waals surface area contributed by atoms with Crippen molar-refractivity contribution in [3.63, 3.8) is 0 Å². The molecule has 1 unspecified atom stereocenters. The number of aliphatic hydroxyl groups is 1. The maximum Gasteiger partial charge on any atom is 0.225 e. The number of hydrogen-bond donors (Lipinski definition) is 1. The molecule has 0 saturated carbocycles. The summed E-state index contributed by atoms with van der Waals surface area (Å²) in [5.74, 6) is 1.32. The Morgan fingerprint density at radius 2 is 1.66 bits per heavy atom. The van der Waals surface area contributed by atoms with Crippen molar-refractivity contribution in [2.75, 3.05) is 36.0 Å². The van der Waals surface area contributed by atoms with E-state index in [0.717, 1.165) is 54.2 Å². The Kier molecular flexibility index (Phi) is 7.47. The molecule has 1 atom stereocenters. The van der Waals surface area contributed by atoms with Gasteiger partial charge in [-0.15, -0.1) is 0 Å². The van der Waals surface area contributed by atoms with Crippen molar-refractivity contribution in [3.8, 4) is 11.1 Å². The standard InChI is InChI=1S/C20H23N9O.C6H4ClF/c1-14(30)16-8-21-20(22-9-16)28-5-3-27(4-6-28)19-18-7-15(12-29(18)25-13-23-19)17-10-24-26(2)11-17;7-5-2-1-3-6(8)4-5/h7-14,30H,3-6H2,1-2H3;1-4H. The van der Waals surface area contributed by atoms with E-state index >= 15 is 0 Å². The number of nitrogens with zero attached hydrogens (tertiary/aromatic N) is 9. The quantitative estimate of drug-likeness (QED) is 0.371. The van der Waals surface area contributed by atoms with Crippen molar-refractivity contribution in [3.05, 3.63) is 84.0 Å². The van der Waals surface area contributed by atoms with Gasteiger partial charge in [0.1, 0.15) is 17.7 Å². The highest BCUT2D eigenvalue weighted by molar-refractivity contribution is 6.30. The lowest BCUT2D eigenvalue weighted by molar-refractivity contribution is 0.198. The molecule has 1 fully saturated rings. The monoisotopic (exact) mass is 535 g/mol. The van der Waals surface area contributed by atoms with Crippen LogP contribution in [-0.2, 0) is 7.05 Å². The molecule has 196 valence electrons. The number of piperazine rings is 1. The minimum absolute atomic E-state index is 0.294. The number of benzene rings is 1. The summed E-state index contributed by atoms with van der Waals surface area (Å²) >= 11 is 5.40. The molecule has 1 aromatic carbocycles. The number of rotatable bonds is 4. The normalized spacial score (nSPS) is 14.3. The largest absolute Gasteiger partial charge is 0.389 e. The number of fused-ring (bicyclic) bond motifs is 1. The first-order chi connectivity index (χ1) is 18.4. The summed E-state index contributed by atoms with van der Waals surface area (Å²) in [6.45, 7) is 4.91. The van der Waals surface area contributed by atoms with E-state index in [-0.39, 0.29) is 5.82 Å². The molecular weight excluding hydrogens is 509 g/mol. The second kappa shape index (κ2) is 11.1. The number of aryl methyl sites for hydroxylation is 1. The maximum atomic E-state index is 12.1. The molecule has 12 heteroatoms. The highest BCUT2D eigenvalue weighted by Gasteiger charge is 2.22. The van der Waals surface area contributed by atoms with E-state index in [2.05, 4.69) is 41.0 Å². The van der Waals surface area contributed by atoms with E-state index in [4.69, 9.17) is 11.6 Å². The SMILES string of the molecule is CC(O)c1cnc(N2CCN(c3ncnn4cc(-c5cnn(C)c5)cc34)CC2)nc1.Fc1cccc(Cl)c1. The van der Waals surface area contributed by atoms with Crippen LogP contribution < -0.4 is 9.80 Å². The van der Waals surface area contributed by atoms with Gasteiger partial charge in [-0.3, -0.25) is 4.68 Å². The average Bonchev–Trinajstić information content (AvgIpc) is 3.55. The predicted molar refractivity (Wildman–Crippen MR) is 144 cm³/mol. The molecule has 5 aromatic rings. The lowest BCUT2D eigenvalue weighted by Gasteiger charge is -2.35. The van der Waals surface area contributed by atoms with Gasteiger partial charge >= 0.3 is 0 Å². The van der Waals surface area contributed by atoms with Crippen LogP contribution in [0.2, 0.25) is 5.02 Å². The fourth-order valence-electron chi connectivity index (χ4n) is 4.18. The van der Waals surface area contributed by atoms with E-state index in [0.29, 0.717) is 11.0 Å². The van der Waals surface area contributed by atoms with Crippen LogP contribution in [0.5, 0.6) is 0 Å². The van der Waals surface area contributed by atoms with Crippen molar-refractivity contribution in [1.82, 2.24) is 34.3 Å². The Morgan fingerprint density at radius 3 is 2.26 bits per heavy atom. The van der Waals surface area contributed by atoms with Crippen LogP contribution in [0.25, 0.3) is 16.6 Å². The molecule has 0 aliphatic carbocycles. The number of anilines is 2. The fraction of sp³-hybridized carbons (Fsp3) is 0.269. The van der Waals surface area contributed by atoms with Gasteiger partial charge < -0.3 is 14.9 Å². The molecule has 0 radical (unpaired) electrons. The summed E-state index contributed by atoms with van der Waals surface area (Å²) in [7, 11) is 1.91. The van der Waals surface area contributed by atoms with Gasteiger partial charge in [0, 0.05) is 79.7 Å². The van der Waals surface area contributed by atoms with Crippen LogP contribution >= 0.6 is 11.6 Å². The van der Waals surface area contributed by atoms with Gasteiger partial charge in [-0.25, -0.2) is 23.9 Å². The van der Waals surface area contributed by atoms with Gasteiger partial charge in [-0.05, 0) is 31.2 Å². The smallest absolute Gasteiger partial charge is 0.225 e. The minimum atomic E-state index is -0.560. The van der Waals surface area contributed by atoms with E-state index in [9.17, 15) is 9.50 Å². The molecule has 4 aromatic heterocycles. The molecule has 6 rings (SSSR count). The highest BCUT2D eigenvalue weighted by Crippen LogP contribution is 2.27. The molecule has 1 N–H and O–H groups in total. The zero-order chi connectivity index (χ0) is 26.6.